The quantitative estimate of drug-likeness (QED) is 0.346. The van der Waals surface area contributed by atoms with Gasteiger partial charge in [0.25, 0.3) is 11.7 Å². The molecular formula is C27H25N3O5. The van der Waals surface area contributed by atoms with E-state index in [0.717, 1.165) is 11.3 Å². The van der Waals surface area contributed by atoms with Crippen LogP contribution in [0.1, 0.15) is 22.7 Å². The van der Waals surface area contributed by atoms with Crippen molar-refractivity contribution in [3.05, 3.63) is 89.3 Å². The second-order valence-corrected chi connectivity index (χ2v) is 8.52. The number of hydrogen-bond acceptors (Lipinski definition) is 7. The molecule has 1 N–H and O–H groups in total. The molecule has 0 spiro atoms. The highest BCUT2D eigenvalue weighted by Gasteiger charge is 2.46. The minimum absolute atomic E-state index is 0.0338. The van der Waals surface area contributed by atoms with Crippen molar-refractivity contribution < 1.29 is 24.2 Å². The summed E-state index contributed by atoms with van der Waals surface area (Å²) in [5.41, 5.74) is 2.71. The number of likely N-dealkylation sites (N-methyl/N-ethyl adjacent to an activating group) is 1. The molecule has 2 aromatic carbocycles. The van der Waals surface area contributed by atoms with Gasteiger partial charge in [0.2, 0.25) is 0 Å². The number of anilines is 1. The van der Waals surface area contributed by atoms with Crippen molar-refractivity contribution in [2.75, 3.05) is 32.2 Å². The third kappa shape index (κ3) is 4.07. The molecule has 8 heteroatoms. The molecule has 8 nitrogen and oxygen atoms in total. The van der Waals surface area contributed by atoms with Crippen LogP contribution < -0.4 is 14.4 Å². The highest BCUT2D eigenvalue weighted by Crippen LogP contribution is 2.42. The number of amides is 1. The van der Waals surface area contributed by atoms with E-state index >= 15 is 0 Å². The van der Waals surface area contributed by atoms with Crippen molar-refractivity contribution in [2.45, 2.75) is 12.6 Å². The molecule has 1 amide bonds. The maximum atomic E-state index is 13.3. The Bertz CT molecular complexity index is 1320. The summed E-state index contributed by atoms with van der Waals surface area (Å²) >= 11 is 0. The number of carbonyl (C=O) groups is 2. The van der Waals surface area contributed by atoms with Crippen LogP contribution in [0.25, 0.3) is 5.76 Å². The normalized spacial score (nSPS) is 18.9. The third-order valence-electron chi connectivity index (χ3n) is 6.35. The molecule has 2 aliphatic heterocycles. The lowest BCUT2D eigenvalue weighted by Gasteiger charge is -2.28. The predicted octanol–water partition coefficient (Wildman–Crippen LogP) is 3.54. The molecule has 5 rings (SSSR count). The van der Waals surface area contributed by atoms with Gasteiger partial charge in [-0.25, -0.2) is 0 Å². The average molecular weight is 472 g/mol. The number of carbonyl (C=O) groups excluding carboxylic acids is 2. The number of methoxy groups -OCH3 is 1. The molecule has 1 unspecified atom stereocenters. The van der Waals surface area contributed by atoms with Gasteiger partial charge in [-0.05, 0) is 47.5 Å². The number of rotatable bonds is 5. The van der Waals surface area contributed by atoms with E-state index in [1.54, 1.807) is 62.0 Å². The molecule has 0 aliphatic carbocycles. The fourth-order valence-electron chi connectivity index (χ4n) is 4.54. The summed E-state index contributed by atoms with van der Waals surface area (Å²) in [5, 5.41) is 11.4. The molecule has 2 aliphatic rings. The molecule has 3 heterocycles. The molecule has 3 aromatic rings. The van der Waals surface area contributed by atoms with Crippen molar-refractivity contribution in [1.29, 1.82) is 0 Å². The molecule has 35 heavy (non-hydrogen) atoms. The first-order valence-electron chi connectivity index (χ1n) is 11.3. The highest BCUT2D eigenvalue weighted by molar-refractivity contribution is 6.46. The Balaban J connectivity index is 1.65. The summed E-state index contributed by atoms with van der Waals surface area (Å²) < 4.78 is 11.1. The zero-order valence-corrected chi connectivity index (χ0v) is 19.5. The summed E-state index contributed by atoms with van der Waals surface area (Å²) in [7, 11) is 3.49. The zero-order chi connectivity index (χ0) is 24.5. The number of hydrogen-bond donors (Lipinski definition) is 1. The van der Waals surface area contributed by atoms with Crippen molar-refractivity contribution in [2.24, 2.45) is 0 Å². The average Bonchev–Trinajstić information content (AvgIpc) is 3.14. The Kier molecular flexibility index (Phi) is 5.86. The van der Waals surface area contributed by atoms with E-state index in [9.17, 15) is 14.7 Å². The number of aliphatic hydroxyl groups is 1. The fraction of sp³-hybridized carbons (Fsp3) is 0.222. The van der Waals surface area contributed by atoms with Gasteiger partial charge in [-0.2, -0.15) is 0 Å². The fourth-order valence-corrected chi connectivity index (χ4v) is 4.54. The SMILES string of the molecule is COc1cccc(C2/C(=C(/O)c3ccc4c(c3)N(C)CCO4)C(=O)C(=O)N2Cc2cccnc2)c1. The van der Waals surface area contributed by atoms with Gasteiger partial charge in [0, 0.05) is 31.5 Å². The largest absolute Gasteiger partial charge is 0.507 e. The summed E-state index contributed by atoms with van der Waals surface area (Å²) in [6.45, 7) is 1.44. The Labute approximate surface area is 203 Å². The number of pyridine rings is 1. The van der Waals surface area contributed by atoms with Crippen molar-refractivity contribution >= 4 is 23.1 Å². The maximum Gasteiger partial charge on any atom is 0.295 e. The molecule has 0 bridgehead atoms. The van der Waals surface area contributed by atoms with Crippen molar-refractivity contribution in [3.63, 3.8) is 0 Å². The Hall–Kier alpha value is -4.33. The van der Waals surface area contributed by atoms with Crippen LogP contribution >= 0.6 is 0 Å². The number of ether oxygens (including phenoxy) is 2. The highest BCUT2D eigenvalue weighted by atomic mass is 16.5. The van der Waals surface area contributed by atoms with E-state index in [-0.39, 0.29) is 17.9 Å². The molecule has 0 saturated carbocycles. The van der Waals surface area contributed by atoms with Gasteiger partial charge < -0.3 is 24.4 Å². The van der Waals surface area contributed by atoms with Crippen LogP contribution in [0.3, 0.4) is 0 Å². The zero-order valence-electron chi connectivity index (χ0n) is 19.5. The predicted molar refractivity (Wildman–Crippen MR) is 130 cm³/mol. The van der Waals surface area contributed by atoms with E-state index < -0.39 is 17.7 Å². The van der Waals surface area contributed by atoms with Crippen molar-refractivity contribution in [3.8, 4) is 11.5 Å². The lowest BCUT2D eigenvalue weighted by molar-refractivity contribution is -0.140. The maximum absolute atomic E-state index is 13.3. The van der Waals surface area contributed by atoms with Crippen LogP contribution in [0.2, 0.25) is 0 Å². The van der Waals surface area contributed by atoms with Gasteiger partial charge in [0.1, 0.15) is 23.9 Å². The van der Waals surface area contributed by atoms with Gasteiger partial charge in [-0.3, -0.25) is 14.6 Å². The van der Waals surface area contributed by atoms with E-state index in [1.165, 1.54) is 4.90 Å². The van der Waals surface area contributed by atoms with Crippen LogP contribution in [-0.2, 0) is 16.1 Å². The smallest absolute Gasteiger partial charge is 0.295 e. The number of benzene rings is 2. The van der Waals surface area contributed by atoms with Crippen LogP contribution in [0, 0.1) is 0 Å². The Morgan fingerprint density at radius 2 is 2.03 bits per heavy atom. The van der Waals surface area contributed by atoms with Gasteiger partial charge in [0.15, 0.2) is 0 Å². The standard InChI is InChI=1S/C27H25N3O5/c1-29-11-12-35-22-9-8-19(14-21(22)29)25(31)23-24(18-6-3-7-20(13-18)34-2)30(27(33)26(23)32)16-17-5-4-10-28-15-17/h3-10,13-15,24,31H,11-12,16H2,1-2H3/b25-23-. The number of nitrogens with zero attached hydrogens (tertiary/aromatic N) is 3. The van der Waals surface area contributed by atoms with Crippen molar-refractivity contribution in [1.82, 2.24) is 9.88 Å². The first-order valence-corrected chi connectivity index (χ1v) is 11.3. The lowest BCUT2D eigenvalue weighted by atomic mass is 9.94. The Morgan fingerprint density at radius 1 is 1.17 bits per heavy atom. The second kappa shape index (κ2) is 9.13. The number of aromatic nitrogens is 1. The van der Waals surface area contributed by atoms with Gasteiger partial charge in [0.05, 0.1) is 31.0 Å². The summed E-state index contributed by atoms with van der Waals surface area (Å²) in [5.74, 6) is -0.353. The third-order valence-corrected chi connectivity index (χ3v) is 6.35. The molecular weight excluding hydrogens is 446 g/mol. The van der Waals surface area contributed by atoms with Gasteiger partial charge in [-0.15, -0.1) is 0 Å². The van der Waals surface area contributed by atoms with E-state index in [2.05, 4.69) is 4.98 Å². The molecule has 1 saturated heterocycles. The van der Waals surface area contributed by atoms with Crippen LogP contribution in [0.15, 0.2) is 72.6 Å². The van der Waals surface area contributed by atoms with Crippen LogP contribution in [0.5, 0.6) is 11.5 Å². The number of Topliss-reactive ketones (excluding diaryl/α,β-unsaturated/α-hetero) is 1. The molecule has 0 radical (unpaired) electrons. The monoisotopic (exact) mass is 471 g/mol. The first-order chi connectivity index (χ1) is 17.0. The molecule has 1 fully saturated rings. The van der Waals surface area contributed by atoms with E-state index in [1.807, 2.05) is 24.1 Å². The summed E-state index contributed by atoms with van der Waals surface area (Å²) in [6.07, 6.45) is 3.30. The lowest BCUT2D eigenvalue weighted by Crippen LogP contribution is -2.29. The molecule has 1 atom stereocenters. The summed E-state index contributed by atoms with van der Waals surface area (Å²) in [4.78, 5) is 34.2. The van der Waals surface area contributed by atoms with E-state index in [0.29, 0.717) is 35.8 Å². The number of fused-ring (bicyclic) bond motifs is 1. The van der Waals surface area contributed by atoms with Gasteiger partial charge in [-0.1, -0.05) is 18.2 Å². The molecule has 1 aromatic heterocycles. The summed E-state index contributed by atoms with van der Waals surface area (Å²) in [6, 6.07) is 15.2. The first kappa shape index (κ1) is 22.5. The number of ketones is 1. The minimum Gasteiger partial charge on any atom is -0.507 e. The van der Waals surface area contributed by atoms with Crippen LogP contribution in [0.4, 0.5) is 5.69 Å². The van der Waals surface area contributed by atoms with E-state index in [4.69, 9.17) is 9.47 Å². The second-order valence-electron chi connectivity index (χ2n) is 8.52. The molecule has 178 valence electrons. The van der Waals surface area contributed by atoms with Gasteiger partial charge >= 0.3 is 0 Å². The minimum atomic E-state index is -0.796. The topological polar surface area (TPSA) is 92.2 Å². The Morgan fingerprint density at radius 3 is 2.80 bits per heavy atom. The number of aliphatic hydroxyl groups excluding tert-OH is 1. The van der Waals surface area contributed by atoms with Crippen LogP contribution in [-0.4, -0.2) is 54.0 Å². The number of likely N-dealkylation sites (tertiary alicyclic amines) is 1.